The molecule has 4 rings (SSSR count). The van der Waals surface area contributed by atoms with E-state index in [1.165, 1.54) is 4.90 Å². The van der Waals surface area contributed by atoms with Gasteiger partial charge in [-0.15, -0.1) is 0 Å². The summed E-state index contributed by atoms with van der Waals surface area (Å²) in [6.45, 7) is 1.99. The summed E-state index contributed by atoms with van der Waals surface area (Å²) in [6.07, 6.45) is 5.20. The lowest BCUT2D eigenvalue weighted by Crippen LogP contribution is -2.32. The number of carbonyl (C=O) groups excluding carboxylic acids is 2. The maximum absolute atomic E-state index is 12.6. The number of imide groups is 1. The van der Waals surface area contributed by atoms with E-state index in [-0.39, 0.29) is 35.5 Å². The number of fused-ring (bicyclic) bond motifs is 5. The lowest BCUT2D eigenvalue weighted by molar-refractivity contribution is -0.123. The van der Waals surface area contributed by atoms with Crippen LogP contribution in [0.1, 0.15) is 12.0 Å². The van der Waals surface area contributed by atoms with Gasteiger partial charge in [-0.3, -0.25) is 9.59 Å². The number of halogens is 1. The van der Waals surface area contributed by atoms with Gasteiger partial charge < -0.3 is 0 Å². The highest BCUT2D eigenvalue weighted by Gasteiger charge is 2.59. The fourth-order valence-electron chi connectivity index (χ4n) is 3.88. The maximum atomic E-state index is 12.6. The van der Waals surface area contributed by atoms with E-state index in [0.717, 1.165) is 16.5 Å². The van der Waals surface area contributed by atoms with Crippen LogP contribution in [-0.4, -0.2) is 11.8 Å². The van der Waals surface area contributed by atoms with Crippen LogP contribution in [0.5, 0.6) is 0 Å². The van der Waals surface area contributed by atoms with Crippen LogP contribution in [0, 0.1) is 30.6 Å². The molecule has 3 aliphatic rings. The number of hydrogen-bond acceptors (Lipinski definition) is 2. The van der Waals surface area contributed by atoms with Gasteiger partial charge in [-0.25, -0.2) is 4.90 Å². The molecule has 1 aliphatic heterocycles. The average Bonchev–Trinajstić information content (AvgIpc) is 3.08. The summed E-state index contributed by atoms with van der Waals surface area (Å²) in [5, 5.41) is 0. The van der Waals surface area contributed by atoms with Crippen molar-refractivity contribution in [3.05, 3.63) is 40.4 Å². The minimum atomic E-state index is -0.127. The Bertz CT molecular complexity index is 636. The van der Waals surface area contributed by atoms with Crippen molar-refractivity contribution in [1.82, 2.24) is 0 Å². The van der Waals surface area contributed by atoms with Crippen molar-refractivity contribution in [2.24, 2.45) is 23.7 Å². The van der Waals surface area contributed by atoms with Gasteiger partial charge in [0.2, 0.25) is 11.8 Å². The van der Waals surface area contributed by atoms with E-state index in [1.54, 1.807) is 0 Å². The van der Waals surface area contributed by atoms with Crippen LogP contribution in [-0.2, 0) is 9.59 Å². The summed E-state index contributed by atoms with van der Waals surface area (Å²) in [4.78, 5) is 26.7. The predicted octanol–water partition coefficient (Wildman–Crippen LogP) is 3.07. The SMILES string of the molecule is Cc1ccc(N2C(=O)[C@@H]3[C@H](C2=O)[C@H]2C=C[C@@H]3C2)cc1Br. The first kappa shape index (κ1) is 12.3. The van der Waals surface area contributed by atoms with E-state index in [2.05, 4.69) is 28.1 Å². The first-order chi connectivity index (χ1) is 9.58. The molecule has 2 bridgehead atoms. The standard InChI is InChI=1S/C16H14BrNO2/c1-8-2-5-11(7-12(8)17)18-15(19)13-9-3-4-10(6-9)14(13)16(18)20/h2-5,7,9-10,13-14H,6H2,1H3/t9-,10+,13+,14-. The Balaban J connectivity index is 1.76. The highest BCUT2D eigenvalue weighted by molar-refractivity contribution is 9.10. The van der Waals surface area contributed by atoms with Crippen molar-refractivity contribution < 1.29 is 9.59 Å². The lowest BCUT2D eigenvalue weighted by atomic mass is 9.85. The van der Waals surface area contributed by atoms with E-state index >= 15 is 0 Å². The van der Waals surface area contributed by atoms with Crippen LogP contribution in [0.2, 0.25) is 0 Å². The first-order valence-corrected chi connectivity index (χ1v) is 7.69. The molecule has 1 saturated carbocycles. The molecule has 1 aromatic rings. The number of benzene rings is 1. The fourth-order valence-corrected chi connectivity index (χ4v) is 4.24. The number of carbonyl (C=O) groups is 2. The van der Waals surface area contributed by atoms with Crippen molar-refractivity contribution in [3.8, 4) is 0 Å². The second-order valence-corrected chi connectivity index (χ2v) is 6.80. The molecule has 0 aromatic heterocycles. The van der Waals surface area contributed by atoms with Gasteiger partial charge in [0, 0.05) is 4.47 Å². The second kappa shape index (κ2) is 4.04. The summed E-state index contributed by atoms with van der Waals surface area (Å²) in [7, 11) is 0. The number of hydrogen-bond donors (Lipinski definition) is 0. The van der Waals surface area contributed by atoms with Crippen LogP contribution in [0.25, 0.3) is 0 Å². The average molecular weight is 332 g/mol. The molecule has 1 aromatic carbocycles. The summed E-state index contributed by atoms with van der Waals surface area (Å²) < 4.78 is 0.925. The molecule has 3 nitrogen and oxygen atoms in total. The predicted molar refractivity (Wildman–Crippen MR) is 79.1 cm³/mol. The minimum absolute atomic E-state index is 0.0207. The highest BCUT2D eigenvalue weighted by atomic mass is 79.9. The zero-order chi connectivity index (χ0) is 14.0. The van der Waals surface area contributed by atoms with Crippen molar-refractivity contribution in [2.45, 2.75) is 13.3 Å². The minimum Gasteiger partial charge on any atom is -0.274 e. The van der Waals surface area contributed by atoms with E-state index in [0.29, 0.717) is 5.69 Å². The quantitative estimate of drug-likeness (QED) is 0.585. The Morgan fingerprint density at radius 1 is 1.10 bits per heavy atom. The van der Waals surface area contributed by atoms with Gasteiger partial charge in [0.15, 0.2) is 0 Å². The van der Waals surface area contributed by atoms with Crippen LogP contribution in [0.3, 0.4) is 0 Å². The third-order valence-corrected chi connectivity index (χ3v) is 5.74. The molecule has 20 heavy (non-hydrogen) atoms. The van der Waals surface area contributed by atoms with Crippen molar-refractivity contribution >= 4 is 33.4 Å². The van der Waals surface area contributed by atoms with Crippen LogP contribution in [0.15, 0.2) is 34.8 Å². The van der Waals surface area contributed by atoms with Crippen molar-refractivity contribution in [1.29, 1.82) is 0 Å². The molecule has 2 fully saturated rings. The maximum Gasteiger partial charge on any atom is 0.238 e. The molecule has 1 saturated heterocycles. The highest BCUT2D eigenvalue weighted by Crippen LogP contribution is 2.53. The summed E-state index contributed by atoms with van der Waals surface area (Å²) in [5.74, 6) is 0.232. The summed E-state index contributed by atoms with van der Waals surface area (Å²) in [5.41, 5.74) is 1.78. The third kappa shape index (κ3) is 1.46. The van der Waals surface area contributed by atoms with E-state index < -0.39 is 0 Å². The molecular formula is C16H14BrNO2. The molecule has 0 N–H and O–H groups in total. The van der Waals surface area contributed by atoms with Gasteiger partial charge >= 0.3 is 0 Å². The number of nitrogens with zero attached hydrogens (tertiary/aromatic N) is 1. The second-order valence-electron chi connectivity index (χ2n) is 5.95. The largest absolute Gasteiger partial charge is 0.274 e. The van der Waals surface area contributed by atoms with Gasteiger partial charge in [-0.1, -0.05) is 34.1 Å². The third-order valence-electron chi connectivity index (χ3n) is 4.88. The Kier molecular flexibility index (Phi) is 2.49. The molecule has 4 heteroatoms. The molecule has 2 aliphatic carbocycles. The van der Waals surface area contributed by atoms with Gasteiger partial charge in [0.1, 0.15) is 0 Å². The number of aryl methyl sites for hydroxylation is 1. The first-order valence-electron chi connectivity index (χ1n) is 6.90. The van der Waals surface area contributed by atoms with Gasteiger partial charge in [0.05, 0.1) is 17.5 Å². The van der Waals surface area contributed by atoms with Crippen LogP contribution in [0.4, 0.5) is 5.69 Å². The smallest absolute Gasteiger partial charge is 0.238 e. The number of allylic oxidation sites excluding steroid dienone is 2. The molecule has 0 unspecified atom stereocenters. The van der Waals surface area contributed by atoms with Crippen molar-refractivity contribution in [3.63, 3.8) is 0 Å². The molecule has 0 radical (unpaired) electrons. The molecular weight excluding hydrogens is 318 g/mol. The lowest BCUT2D eigenvalue weighted by Gasteiger charge is -2.18. The number of rotatable bonds is 1. The fraction of sp³-hybridized carbons (Fsp3) is 0.375. The molecule has 0 spiro atoms. The van der Waals surface area contributed by atoms with Crippen LogP contribution >= 0.6 is 15.9 Å². The van der Waals surface area contributed by atoms with Crippen molar-refractivity contribution in [2.75, 3.05) is 4.90 Å². The topological polar surface area (TPSA) is 37.4 Å². The molecule has 102 valence electrons. The van der Waals surface area contributed by atoms with E-state index in [9.17, 15) is 9.59 Å². The molecule has 1 heterocycles. The van der Waals surface area contributed by atoms with Gasteiger partial charge in [-0.2, -0.15) is 0 Å². The Labute approximate surface area is 125 Å². The molecule has 4 atom stereocenters. The molecule has 2 amide bonds. The monoisotopic (exact) mass is 331 g/mol. The van der Waals surface area contributed by atoms with E-state index in [4.69, 9.17) is 0 Å². The summed E-state index contributed by atoms with van der Waals surface area (Å²) >= 11 is 3.47. The van der Waals surface area contributed by atoms with Gasteiger partial charge in [-0.05, 0) is 42.9 Å². The summed E-state index contributed by atoms with van der Waals surface area (Å²) in [6, 6.07) is 5.65. The number of amides is 2. The van der Waals surface area contributed by atoms with E-state index in [1.807, 2.05) is 25.1 Å². The Morgan fingerprint density at radius 3 is 2.25 bits per heavy atom. The Hall–Kier alpha value is -1.42. The van der Waals surface area contributed by atoms with Gasteiger partial charge in [0.25, 0.3) is 0 Å². The number of anilines is 1. The zero-order valence-corrected chi connectivity index (χ0v) is 12.6. The Morgan fingerprint density at radius 2 is 1.70 bits per heavy atom. The normalized spacial score (nSPS) is 34.2. The zero-order valence-electron chi connectivity index (χ0n) is 11.0. The van der Waals surface area contributed by atoms with Crippen LogP contribution < -0.4 is 4.90 Å².